The van der Waals surface area contributed by atoms with Crippen LogP contribution in [0.15, 0.2) is 24.7 Å². The van der Waals surface area contributed by atoms with Gasteiger partial charge in [-0.25, -0.2) is 14.5 Å². The summed E-state index contributed by atoms with van der Waals surface area (Å²) in [6.07, 6.45) is -2.44. The molecule has 0 aliphatic rings. The molecule has 0 aromatic carbocycles. The van der Waals surface area contributed by atoms with Gasteiger partial charge >= 0.3 is 6.30 Å². The van der Waals surface area contributed by atoms with Gasteiger partial charge in [-0.2, -0.15) is 0 Å². The van der Waals surface area contributed by atoms with Crippen molar-refractivity contribution in [3.8, 4) is 0 Å². The highest BCUT2D eigenvalue weighted by atomic mass is 19.4. The minimum absolute atomic E-state index is 0.0856. The van der Waals surface area contributed by atoms with Gasteiger partial charge < -0.3 is 0 Å². The molecular weight excluding hydrogens is 183 g/mol. The number of aromatic nitrogens is 3. The zero-order chi connectivity index (χ0) is 9.47. The lowest BCUT2D eigenvalue weighted by Crippen LogP contribution is -2.15. The number of hydrogen-bond acceptors (Lipinski definition) is 2. The van der Waals surface area contributed by atoms with Crippen molar-refractivity contribution in [2.75, 3.05) is 0 Å². The van der Waals surface area contributed by atoms with Crippen molar-refractivity contribution < 1.29 is 13.2 Å². The molecule has 3 nitrogen and oxygen atoms in total. The van der Waals surface area contributed by atoms with Crippen molar-refractivity contribution in [3.05, 3.63) is 24.7 Å². The Morgan fingerprint density at radius 3 is 2.69 bits per heavy atom. The van der Waals surface area contributed by atoms with E-state index in [1.807, 2.05) is 0 Å². The Balaban J connectivity index is 2.72. The molecule has 68 valence electrons. The van der Waals surface area contributed by atoms with Gasteiger partial charge in [0.1, 0.15) is 11.8 Å². The van der Waals surface area contributed by atoms with Gasteiger partial charge in [0, 0.05) is 6.20 Å². The van der Waals surface area contributed by atoms with E-state index in [-0.39, 0.29) is 15.7 Å². The van der Waals surface area contributed by atoms with Crippen molar-refractivity contribution >= 4 is 11.2 Å². The number of pyridine rings is 1. The highest BCUT2D eigenvalue weighted by Crippen LogP contribution is 2.25. The molecule has 0 aliphatic carbocycles. The molecule has 2 aromatic heterocycles. The summed E-state index contributed by atoms with van der Waals surface area (Å²) in [6.45, 7) is 0. The lowest BCUT2D eigenvalue weighted by atomic mass is 10.4. The second-order valence-corrected chi connectivity index (χ2v) is 2.43. The van der Waals surface area contributed by atoms with Gasteiger partial charge in [0.2, 0.25) is 0 Å². The van der Waals surface area contributed by atoms with Crippen molar-refractivity contribution in [1.82, 2.24) is 14.5 Å². The summed E-state index contributed by atoms with van der Waals surface area (Å²) in [6, 6.07) is 3.01. The number of rotatable bonds is 0. The van der Waals surface area contributed by atoms with Crippen molar-refractivity contribution in [1.29, 1.82) is 0 Å². The number of halogens is 3. The maximum atomic E-state index is 12.2. The minimum Gasteiger partial charge on any atom is -0.236 e. The van der Waals surface area contributed by atoms with Crippen LogP contribution in [-0.4, -0.2) is 14.5 Å². The molecule has 0 atom stereocenters. The second-order valence-electron chi connectivity index (χ2n) is 2.43. The summed E-state index contributed by atoms with van der Waals surface area (Å²) in [7, 11) is 0. The van der Waals surface area contributed by atoms with E-state index in [1.165, 1.54) is 18.3 Å². The van der Waals surface area contributed by atoms with E-state index in [2.05, 4.69) is 9.97 Å². The van der Waals surface area contributed by atoms with Crippen LogP contribution in [0.3, 0.4) is 0 Å². The van der Waals surface area contributed by atoms with Crippen molar-refractivity contribution in [2.45, 2.75) is 6.30 Å². The van der Waals surface area contributed by atoms with Crippen LogP contribution in [-0.2, 0) is 6.30 Å². The van der Waals surface area contributed by atoms with Gasteiger partial charge in [0.05, 0.1) is 0 Å². The van der Waals surface area contributed by atoms with E-state index in [0.29, 0.717) is 0 Å². The van der Waals surface area contributed by atoms with Gasteiger partial charge in [-0.05, 0) is 12.1 Å². The Morgan fingerprint density at radius 1 is 1.23 bits per heavy atom. The summed E-state index contributed by atoms with van der Waals surface area (Å²) in [5.74, 6) is 0. The number of fused-ring (bicyclic) bond motifs is 1. The molecule has 0 unspecified atom stereocenters. The van der Waals surface area contributed by atoms with E-state index < -0.39 is 6.30 Å². The van der Waals surface area contributed by atoms with E-state index in [4.69, 9.17) is 0 Å². The first-order chi connectivity index (χ1) is 6.09. The van der Waals surface area contributed by atoms with Gasteiger partial charge in [0.25, 0.3) is 0 Å². The molecule has 0 saturated carbocycles. The number of nitrogens with zero attached hydrogens (tertiary/aromatic N) is 3. The maximum absolute atomic E-state index is 12.2. The Morgan fingerprint density at radius 2 is 2.00 bits per heavy atom. The molecule has 0 radical (unpaired) electrons. The lowest BCUT2D eigenvalue weighted by molar-refractivity contribution is -0.201. The largest absolute Gasteiger partial charge is 0.491 e. The Labute approximate surface area is 70.8 Å². The molecule has 0 spiro atoms. The van der Waals surface area contributed by atoms with Crippen LogP contribution in [0.4, 0.5) is 13.2 Å². The molecule has 0 fully saturated rings. The van der Waals surface area contributed by atoms with Crippen molar-refractivity contribution in [2.24, 2.45) is 0 Å². The summed E-state index contributed by atoms with van der Waals surface area (Å²) in [4.78, 5) is 7.15. The second kappa shape index (κ2) is 2.45. The monoisotopic (exact) mass is 187 g/mol. The van der Waals surface area contributed by atoms with Crippen LogP contribution < -0.4 is 0 Å². The van der Waals surface area contributed by atoms with Crippen molar-refractivity contribution in [3.63, 3.8) is 0 Å². The smallest absolute Gasteiger partial charge is 0.236 e. The average Bonchev–Trinajstić information content (AvgIpc) is 2.45. The maximum Gasteiger partial charge on any atom is 0.491 e. The first kappa shape index (κ1) is 8.03. The third-order valence-electron chi connectivity index (χ3n) is 1.58. The molecule has 2 aromatic rings. The molecule has 6 heteroatoms. The first-order valence-electron chi connectivity index (χ1n) is 3.44. The third kappa shape index (κ3) is 1.24. The summed E-state index contributed by atoms with van der Waals surface area (Å²) >= 11 is 0. The number of hydrogen-bond donors (Lipinski definition) is 0. The average molecular weight is 187 g/mol. The molecule has 2 heterocycles. The summed E-state index contributed by atoms with van der Waals surface area (Å²) in [5, 5.41) is 0. The lowest BCUT2D eigenvalue weighted by Gasteiger charge is -2.06. The fraction of sp³-hybridized carbons (Fsp3) is 0.143. The first-order valence-corrected chi connectivity index (χ1v) is 3.44. The van der Waals surface area contributed by atoms with Gasteiger partial charge in [0.15, 0.2) is 5.65 Å². The van der Waals surface area contributed by atoms with Crippen LogP contribution in [0.1, 0.15) is 0 Å². The summed E-state index contributed by atoms with van der Waals surface area (Å²) < 4.78 is 36.8. The van der Waals surface area contributed by atoms with Crippen LogP contribution in [0.25, 0.3) is 11.2 Å². The molecule has 0 N–H and O–H groups in total. The third-order valence-corrected chi connectivity index (χ3v) is 1.58. The van der Waals surface area contributed by atoms with Crippen LogP contribution in [0.5, 0.6) is 0 Å². The van der Waals surface area contributed by atoms with E-state index >= 15 is 0 Å². The highest BCUT2D eigenvalue weighted by molar-refractivity contribution is 5.70. The van der Waals surface area contributed by atoms with E-state index in [0.717, 1.165) is 6.33 Å². The molecule has 2 rings (SSSR count). The van der Waals surface area contributed by atoms with E-state index in [9.17, 15) is 13.2 Å². The quantitative estimate of drug-likeness (QED) is 0.630. The molecular formula is C7H4F3N3. The fourth-order valence-corrected chi connectivity index (χ4v) is 1.04. The Hall–Kier alpha value is -1.59. The van der Waals surface area contributed by atoms with Crippen LogP contribution in [0, 0.1) is 0 Å². The molecule has 0 aliphatic heterocycles. The highest BCUT2D eigenvalue weighted by Gasteiger charge is 2.32. The Bertz CT molecular complexity index is 432. The molecule has 0 saturated heterocycles. The van der Waals surface area contributed by atoms with Gasteiger partial charge in [-0.3, -0.25) is 0 Å². The number of imidazole rings is 1. The van der Waals surface area contributed by atoms with E-state index in [1.54, 1.807) is 0 Å². The topological polar surface area (TPSA) is 30.7 Å². The molecule has 0 amide bonds. The minimum atomic E-state index is -4.46. The SMILES string of the molecule is FC(F)(F)n1cnc2cccnc21. The standard InChI is InChI=1S/C7H4F3N3/c8-7(9,10)13-4-12-5-2-1-3-11-6(5)13/h1-4H. The predicted molar refractivity (Wildman–Crippen MR) is 38.8 cm³/mol. The zero-order valence-electron chi connectivity index (χ0n) is 6.28. The van der Waals surface area contributed by atoms with Gasteiger partial charge in [-0.15, -0.1) is 13.2 Å². The summed E-state index contributed by atoms with van der Waals surface area (Å²) in [5.41, 5.74) is 0.0647. The Kier molecular flexibility index (Phi) is 1.51. The molecule has 0 bridgehead atoms. The zero-order valence-corrected chi connectivity index (χ0v) is 6.28. The normalized spacial score (nSPS) is 12.2. The van der Waals surface area contributed by atoms with Gasteiger partial charge in [-0.1, -0.05) is 0 Å². The van der Waals surface area contributed by atoms with Crippen LogP contribution in [0.2, 0.25) is 0 Å². The van der Waals surface area contributed by atoms with Crippen LogP contribution >= 0.6 is 0 Å². The fourth-order valence-electron chi connectivity index (χ4n) is 1.04. The predicted octanol–water partition coefficient (Wildman–Crippen LogP) is 1.91. The molecule has 13 heavy (non-hydrogen) atoms. The number of alkyl halides is 3.